The third kappa shape index (κ3) is 3.71. The summed E-state index contributed by atoms with van der Waals surface area (Å²) in [6, 6.07) is 0.415. The highest BCUT2D eigenvalue weighted by Crippen LogP contribution is 2.19. The van der Waals surface area contributed by atoms with Crippen molar-refractivity contribution in [2.24, 2.45) is 0 Å². The second kappa shape index (κ2) is 7.26. The van der Waals surface area contributed by atoms with Gasteiger partial charge in [0.1, 0.15) is 0 Å². The van der Waals surface area contributed by atoms with E-state index in [-0.39, 0.29) is 0 Å². The molecule has 1 aromatic rings. The van der Waals surface area contributed by atoms with Crippen molar-refractivity contribution in [2.45, 2.75) is 52.5 Å². The molecule has 1 aromatic heterocycles. The summed E-state index contributed by atoms with van der Waals surface area (Å²) >= 11 is 0. The molecule has 1 saturated heterocycles. The molecule has 6 heteroatoms. The second-order valence-corrected chi connectivity index (χ2v) is 5.16. The van der Waals surface area contributed by atoms with Crippen LogP contribution in [0.5, 0.6) is 0 Å². The van der Waals surface area contributed by atoms with Crippen LogP contribution in [0.15, 0.2) is 0 Å². The molecule has 0 amide bonds. The normalized spacial score (nSPS) is 14.9. The van der Waals surface area contributed by atoms with Gasteiger partial charge >= 0.3 is 0 Å². The highest BCUT2D eigenvalue weighted by Gasteiger charge is 2.18. The molecule has 112 valence electrons. The van der Waals surface area contributed by atoms with Crippen molar-refractivity contribution in [3.8, 4) is 0 Å². The van der Waals surface area contributed by atoms with E-state index < -0.39 is 0 Å². The zero-order chi connectivity index (χ0) is 14.4. The molecular weight excluding hydrogens is 252 g/mol. The molecule has 0 aliphatic carbocycles. The first-order valence-corrected chi connectivity index (χ1v) is 7.78. The molecule has 2 N–H and O–H groups in total. The smallest absolute Gasteiger partial charge is 0.231 e. The minimum Gasteiger partial charge on any atom is -0.354 e. The van der Waals surface area contributed by atoms with Crippen LogP contribution < -0.4 is 15.5 Å². The van der Waals surface area contributed by atoms with E-state index in [2.05, 4.69) is 44.3 Å². The Morgan fingerprint density at radius 2 is 1.65 bits per heavy atom. The largest absolute Gasteiger partial charge is 0.354 e. The van der Waals surface area contributed by atoms with Gasteiger partial charge in [0.05, 0.1) is 0 Å². The SMILES string of the molecule is CCNc1nc(NC(CC)CC)nc(N2CCCC2)n1. The Hall–Kier alpha value is -1.59. The number of nitrogens with one attached hydrogen (secondary N) is 2. The van der Waals surface area contributed by atoms with Crippen molar-refractivity contribution in [2.75, 3.05) is 35.2 Å². The molecule has 1 fully saturated rings. The van der Waals surface area contributed by atoms with Gasteiger partial charge in [-0.1, -0.05) is 13.8 Å². The first-order chi connectivity index (χ1) is 9.76. The van der Waals surface area contributed by atoms with E-state index in [9.17, 15) is 0 Å². The monoisotopic (exact) mass is 278 g/mol. The minimum absolute atomic E-state index is 0.415. The van der Waals surface area contributed by atoms with Crippen molar-refractivity contribution < 1.29 is 0 Å². The Labute approximate surface area is 121 Å². The Bertz CT molecular complexity index is 412. The van der Waals surface area contributed by atoms with Crippen molar-refractivity contribution >= 4 is 17.8 Å². The molecule has 0 atom stereocenters. The molecule has 6 nitrogen and oxygen atoms in total. The summed E-state index contributed by atoms with van der Waals surface area (Å²) in [7, 11) is 0. The lowest BCUT2D eigenvalue weighted by molar-refractivity contribution is 0.663. The maximum atomic E-state index is 4.59. The second-order valence-electron chi connectivity index (χ2n) is 5.16. The zero-order valence-corrected chi connectivity index (χ0v) is 12.8. The summed E-state index contributed by atoms with van der Waals surface area (Å²) in [5, 5.41) is 6.60. The maximum Gasteiger partial charge on any atom is 0.231 e. The number of rotatable bonds is 7. The summed E-state index contributed by atoms with van der Waals surface area (Å²) in [6.45, 7) is 9.30. The summed E-state index contributed by atoms with van der Waals surface area (Å²) in [6.07, 6.45) is 4.57. The molecule has 0 bridgehead atoms. The van der Waals surface area contributed by atoms with Gasteiger partial charge in [-0.3, -0.25) is 0 Å². The molecule has 0 spiro atoms. The topological polar surface area (TPSA) is 66.0 Å². The minimum atomic E-state index is 0.415. The van der Waals surface area contributed by atoms with Crippen LogP contribution in [0.3, 0.4) is 0 Å². The van der Waals surface area contributed by atoms with Crippen LogP contribution in [0.2, 0.25) is 0 Å². The first-order valence-electron chi connectivity index (χ1n) is 7.78. The zero-order valence-electron chi connectivity index (χ0n) is 12.8. The van der Waals surface area contributed by atoms with Crippen LogP contribution in [0.25, 0.3) is 0 Å². The van der Waals surface area contributed by atoms with Crippen LogP contribution in [-0.4, -0.2) is 40.6 Å². The van der Waals surface area contributed by atoms with Crippen molar-refractivity contribution in [3.05, 3.63) is 0 Å². The molecule has 1 aliphatic rings. The highest BCUT2D eigenvalue weighted by molar-refractivity contribution is 5.44. The van der Waals surface area contributed by atoms with Gasteiger partial charge in [0, 0.05) is 25.7 Å². The molecule has 0 unspecified atom stereocenters. The van der Waals surface area contributed by atoms with E-state index in [1.165, 1.54) is 12.8 Å². The van der Waals surface area contributed by atoms with Gasteiger partial charge in [0.15, 0.2) is 0 Å². The molecular formula is C14H26N6. The fourth-order valence-electron chi connectivity index (χ4n) is 2.40. The maximum absolute atomic E-state index is 4.59. The van der Waals surface area contributed by atoms with E-state index in [0.717, 1.165) is 38.4 Å². The fourth-order valence-corrected chi connectivity index (χ4v) is 2.40. The predicted octanol–water partition coefficient (Wildman–Crippen LogP) is 2.50. The standard InChI is InChI=1S/C14H26N6/c1-4-11(5-2)16-13-17-12(15-6-3)18-14(19-13)20-9-7-8-10-20/h11H,4-10H2,1-3H3,(H2,15,16,17,18,19). The first kappa shape index (κ1) is 14.8. The number of hydrogen-bond donors (Lipinski definition) is 2. The third-order valence-electron chi connectivity index (χ3n) is 3.67. The summed E-state index contributed by atoms with van der Waals surface area (Å²) in [4.78, 5) is 15.8. The van der Waals surface area contributed by atoms with Crippen molar-refractivity contribution in [3.63, 3.8) is 0 Å². The lowest BCUT2D eigenvalue weighted by Crippen LogP contribution is -2.24. The van der Waals surface area contributed by atoms with E-state index in [0.29, 0.717) is 17.9 Å². The molecule has 0 radical (unpaired) electrons. The van der Waals surface area contributed by atoms with Gasteiger partial charge in [-0.15, -0.1) is 0 Å². The molecule has 2 heterocycles. The van der Waals surface area contributed by atoms with E-state index >= 15 is 0 Å². The number of aromatic nitrogens is 3. The highest BCUT2D eigenvalue weighted by atomic mass is 15.3. The summed E-state index contributed by atoms with van der Waals surface area (Å²) in [5.41, 5.74) is 0. The Kier molecular flexibility index (Phi) is 5.38. The lowest BCUT2D eigenvalue weighted by Gasteiger charge is -2.19. The average molecular weight is 278 g/mol. The van der Waals surface area contributed by atoms with Gasteiger partial charge < -0.3 is 15.5 Å². The van der Waals surface area contributed by atoms with Crippen LogP contribution in [-0.2, 0) is 0 Å². The Morgan fingerprint density at radius 3 is 2.25 bits per heavy atom. The molecule has 0 aromatic carbocycles. The van der Waals surface area contributed by atoms with Crippen LogP contribution >= 0.6 is 0 Å². The van der Waals surface area contributed by atoms with Crippen LogP contribution in [0.4, 0.5) is 17.8 Å². The number of anilines is 3. The molecule has 20 heavy (non-hydrogen) atoms. The lowest BCUT2D eigenvalue weighted by atomic mass is 10.2. The van der Waals surface area contributed by atoms with Gasteiger partial charge in [0.2, 0.25) is 17.8 Å². The average Bonchev–Trinajstić information content (AvgIpc) is 2.99. The molecule has 1 aliphatic heterocycles. The summed E-state index contributed by atoms with van der Waals surface area (Å²) in [5.74, 6) is 2.14. The van der Waals surface area contributed by atoms with Gasteiger partial charge in [-0.25, -0.2) is 0 Å². The van der Waals surface area contributed by atoms with Crippen molar-refractivity contribution in [1.82, 2.24) is 15.0 Å². The number of nitrogens with zero attached hydrogens (tertiary/aromatic N) is 4. The van der Waals surface area contributed by atoms with E-state index in [1.807, 2.05) is 6.92 Å². The van der Waals surface area contributed by atoms with E-state index in [4.69, 9.17) is 0 Å². The molecule has 2 rings (SSSR count). The van der Waals surface area contributed by atoms with Crippen LogP contribution in [0, 0.1) is 0 Å². The third-order valence-corrected chi connectivity index (χ3v) is 3.67. The van der Waals surface area contributed by atoms with Gasteiger partial charge in [0.25, 0.3) is 0 Å². The quantitative estimate of drug-likeness (QED) is 0.799. The fraction of sp³-hybridized carbons (Fsp3) is 0.786. The Balaban J connectivity index is 2.20. The van der Waals surface area contributed by atoms with Crippen LogP contribution in [0.1, 0.15) is 46.5 Å². The van der Waals surface area contributed by atoms with Crippen molar-refractivity contribution in [1.29, 1.82) is 0 Å². The predicted molar refractivity (Wildman–Crippen MR) is 83.4 cm³/mol. The number of hydrogen-bond acceptors (Lipinski definition) is 6. The molecule has 0 saturated carbocycles. The van der Waals surface area contributed by atoms with E-state index in [1.54, 1.807) is 0 Å². The summed E-state index contributed by atoms with van der Waals surface area (Å²) < 4.78 is 0. The van der Waals surface area contributed by atoms with Gasteiger partial charge in [-0.2, -0.15) is 15.0 Å². The van der Waals surface area contributed by atoms with Gasteiger partial charge in [-0.05, 0) is 32.6 Å². The Morgan fingerprint density at radius 1 is 1.00 bits per heavy atom.